The quantitative estimate of drug-likeness (QED) is 0.802. The summed E-state index contributed by atoms with van der Waals surface area (Å²) < 4.78 is 1.18. The number of anilines is 1. The number of fused-ring (bicyclic) bond motifs is 1. The van der Waals surface area contributed by atoms with Crippen molar-refractivity contribution < 1.29 is 0 Å². The number of nitrogens with one attached hydrogen (secondary N) is 1. The van der Waals surface area contributed by atoms with Crippen LogP contribution in [0.2, 0.25) is 0 Å². The molecule has 0 saturated heterocycles. The molecule has 1 aromatic rings. The van der Waals surface area contributed by atoms with Crippen LogP contribution in [0.25, 0.3) is 0 Å². The lowest BCUT2D eigenvalue weighted by atomic mass is 9.87. The van der Waals surface area contributed by atoms with Crippen LogP contribution in [0.1, 0.15) is 30.7 Å². The first kappa shape index (κ1) is 8.78. The van der Waals surface area contributed by atoms with Crippen molar-refractivity contribution in [3.8, 4) is 0 Å². The van der Waals surface area contributed by atoms with E-state index in [0.29, 0.717) is 0 Å². The van der Waals surface area contributed by atoms with Gasteiger partial charge in [0.05, 0.1) is 0 Å². The Bertz CT molecular complexity index is 357. The van der Waals surface area contributed by atoms with Crippen molar-refractivity contribution in [2.45, 2.75) is 25.2 Å². The highest BCUT2D eigenvalue weighted by atomic mass is 79.9. The van der Waals surface area contributed by atoms with Gasteiger partial charge < -0.3 is 5.32 Å². The van der Waals surface area contributed by atoms with E-state index in [1.165, 1.54) is 29.4 Å². The van der Waals surface area contributed by atoms with Crippen LogP contribution in [0.4, 0.5) is 5.69 Å². The largest absolute Gasteiger partial charge is 0.385 e. The monoisotopic (exact) mass is 251 g/mol. The van der Waals surface area contributed by atoms with Gasteiger partial charge >= 0.3 is 0 Å². The molecule has 0 aromatic heterocycles. The Morgan fingerprint density at radius 2 is 2.07 bits per heavy atom. The molecule has 1 nitrogen and oxygen atoms in total. The molecule has 14 heavy (non-hydrogen) atoms. The predicted octanol–water partition coefficient (Wildman–Crippen LogP) is 3.76. The lowest BCUT2D eigenvalue weighted by Gasteiger charge is -2.26. The minimum Gasteiger partial charge on any atom is -0.385 e. The summed E-state index contributed by atoms with van der Waals surface area (Å²) in [6.07, 6.45) is 4.21. The molecule has 1 aliphatic carbocycles. The highest BCUT2D eigenvalue weighted by Crippen LogP contribution is 2.48. The topological polar surface area (TPSA) is 12.0 Å². The summed E-state index contributed by atoms with van der Waals surface area (Å²) in [7, 11) is 0. The highest BCUT2D eigenvalue weighted by molar-refractivity contribution is 9.10. The second kappa shape index (κ2) is 3.27. The lowest BCUT2D eigenvalue weighted by Crippen LogP contribution is -2.17. The maximum atomic E-state index is 3.52. The highest BCUT2D eigenvalue weighted by Gasteiger charge is 2.34. The second-order valence-electron chi connectivity index (χ2n) is 4.39. The molecule has 2 aliphatic rings. The molecule has 1 aliphatic heterocycles. The molecule has 1 fully saturated rings. The van der Waals surface area contributed by atoms with Crippen LogP contribution in [-0.4, -0.2) is 6.54 Å². The van der Waals surface area contributed by atoms with Crippen molar-refractivity contribution in [3.05, 3.63) is 28.2 Å². The SMILES string of the molecule is Brc1ccc2c(c1)NCCC2C1CC1. The third-order valence-corrected chi connectivity index (χ3v) is 3.87. The number of benzene rings is 1. The van der Waals surface area contributed by atoms with E-state index in [1.54, 1.807) is 5.56 Å². The van der Waals surface area contributed by atoms with Crippen LogP contribution in [0.3, 0.4) is 0 Å². The zero-order valence-corrected chi connectivity index (χ0v) is 9.68. The van der Waals surface area contributed by atoms with Crippen molar-refractivity contribution in [3.63, 3.8) is 0 Å². The zero-order chi connectivity index (χ0) is 9.54. The summed E-state index contributed by atoms with van der Waals surface area (Å²) in [6, 6.07) is 6.67. The Morgan fingerprint density at radius 3 is 2.86 bits per heavy atom. The van der Waals surface area contributed by atoms with E-state index >= 15 is 0 Å². The van der Waals surface area contributed by atoms with Gasteiger partial charge in [-0.2, -0.15) is 0 Å². The average molecular weight is 252 g/mol. The van der Waals surface area contributed by atoms with Crippen molar-refractivity contribution in [2.24, 2.45) is 5.92 Å². The number of halogens is 1. The average Bonchev–Trinajstić information content (AvgIpc) is 2.99. The Kier molecular flexibility index (Phi) is 2.05. The molecule has 1 unspecified atom stereocenters. The molecule has 1 heterocycles. The van der Waals surface area contributed by atoms with E-state index in [1.807, 2.05) is 0 Å². The van der Waals surface area contributed by atoms with Crippen molar-refractivity contribution in [1.82, 2.24) is 0 Å². The fraction of sp³-hybridized carbons (Fsp3) is 0.500. The molecule has 1 atom stereocenters. The first-order valence-electron chi connectivity index (χ1n) is 5.38. The summed E-state index contributed by atoms with van der Waals surface area (Å²) in [5, 5.41) is 3.49. The third-order valence-electron chi connectivity index (χ3n) is 3.38. The summed E-state index contributed by atoms with van der Waals surface area (Å²) in [4.78, 5) is 0. The smallest absolute Gasteiger partial charge is 0.0387 e. The Labute approximate surface area is 93.0 Å². The van der Waals surface area contributed by atoms with Gasteiger partial charge in [-0.3, -0.25) is 0 Å². The zero-order valence-electron chi connectivity index (χ0n) is 8.09. The van der Waals surface area contributed by atoms with Gasteiger partial charge in [0.15, 0.2) is 0 Å². The van der Waals surface area contributed by atoms with E-state index in [2.05, 4.69) is 39.4 Å². The first-order chi connectivity index (χ1) is 6.84. The van der Waals surface area contributed by atoms with Gasteiger partial charge in [-0.1, -0.05) is 22.0 Å². The summed E-state index contributed by atoms with van der Waals surface area (Å²) in [5.74, 6) is 1.82. The van der Waals surface area contributed by atoms with Gasteiger partial charge in [-0.25, -0.2) is 0 Å². The number of rotatable bonds is 1. The van der Waals surface area contributed by atoms with E-state index in [9.17, 15) is 0 Å². The van der Waals surface area contributed by atoms with Gasteiger partial charge in [0.2, 0.25) is 0 Å². The van der Waals surface area contributed by atoms with Gasteiger partial charge in [0.1, 0.15) is 0 Å². The molecule has 0 spiro atoms. The molecule has 0 bridgehead atoms. The molecule has 3 rings (SSSR count). The van der Waals surface area contributed by atoms with Crippen molar-refractivity contribution >= 4 is 21.6 Å². The first-order valence-corrected chi connectivity index (χ1v) is 6.17. The van der Waals surface area contributed by atoms with E-state index in [-0.39, 0.29) is 0 Å². The summed E-state index contributed by atoms with van der Waals surface area (Å²) >= 11 is 3.52. The minimum absolute atomic E-state index is 0.833. The standard InChI is InChI=1S/C12H14BrN/c13-9-3-4-11-10(8-1-2-8)5-6-14-12(11)7-9/h3-4,7-8,10,14H,1-2,5-6H2. The van der Waals surface area contributed by atoms with E-state index in [4.69, 9.17) is 0 Å². The molecule has 0 amide bonds. The van der Waals surface area contributed by atoms with E-state index in [0.717, 1.165) is 18.4 Å². The van der Waals surface area contributed by atoms with Crippen LogP contribution in [-0.2, 0) is 0 Å². The third kappa shape index (κ3) is 1.46. The normalized spacial score (nSPS) is 25.4. The molecule has 1 saturated carbocycles. The maximum Gasteiger partial charge on any atom is 0.0387 e. The van der Waals surface area contributed by atoms with Crippen molar-refractivity contribution in [1.29, 1.82) is 0 Å². The summed E-state index contributed by atoms with van der Waals surface area (Å²) in [5.41, 5.74) is 2.89. The van der Waals surface area contributed by atoms with Crippen LogP contribution >= 0.6 is 15.9 Å². The minimum atomic E-state index is 0.833. The predicted molar refractivity (Wildman–Crippen MR) is 62.7 cm³/mol. The Morgan fingerprint density at radius 1 is 1.21 bits per heavy atom. The fourth-order valence-corrected chi connectivity index (χ4v) is 2.87. The molecule has 0 radical (unpaired) electrons. The van der Waals surface area contributed by atoms with Gasteiger partial charge in [-0.15, -0.1) is 0 Å². The molecular formula is C12H14BrN. The number of hydrogen-bond donors (Lipinski definition) is 1. The maximum absolute atomic E-state index is 3.52. The second-order valence-corrected chi connectivity index (χ2v) is 5.31. The Balaban J connectivity index is 2.01. The fourth-order valence-electron chi connectivity index (χ4n) is 2.51. The van der Waals surface area contributed by atoms with E-state index < -0.39 is 0 Å². The Hall–Kier alpha value is -0.500. The van der Waals surface area contributed by atoms with Gasteiger partial charge in [0.25, 0.3) is 0 Å². The molecular weight excluding hydrogens is 238 g/mol. The molecule has 1 aromatic carbocycles. The molecule has 1 N–H and O–H groups in total. The van der Waals surface area contributed by atoms with Crippen molar-refractivity contribution in [2.75, 3.05) is 11.9 Å². The van der Waals surface area contributed by atoms with Crippen LogP contribution in [0.5, 0.6) is 0 Å². The van der Waals surface area contributed by atoms with Gasteiger partial charge in [-0.05, 0) is 48.8 Å². The summed E-state index contributed by atoms with van der Waals surface area (Å²) in [6.45, 7) is 1.14. The van der Waals surface area contributed by atoms with Crippen LogP contribution in [0, 0.1) is 5.92 Å². The van der Waals surface area contributed by atoms with Crippen LogP contribution in [0.15, 0.2) is 22.7 Å². The molecule has 2 heteroatoms. The number of hydrogen-bond acceptors (Lipinski definition) is 1. The molecule has 74 valence electrons. The van der Waals surface area contributed by atoms with Crippen LogP contribution < -0.4 is 5.32 Å². The van der Waals surface area contributed by atoms with Gasteiger partial charge in [0, 0.05) is 16.7 Å². The lowest BCUT2D eigenvalue weighted by molar-refractivity contribution is 0.560.